The van der Waals surface area contributed by atoms with Gasteiger partial charge in [0.2, 0.25) is 17.7 Å². The molecule has 560 valence electrons. The summed E-state index contributed by atoms with van der Waals surface area (Å²) in [4.78, 5) is 37.9. The average Bonchev–Trinajstić information content (AvgIpc) is 0.775. The van der Waals surface area contributed by atoms with Crippen LogP contribution in [0.15, 0.2) is 0 Å². The van der Waals surface area contributed by atoms with Crippen LogP contribution in [-0.2, 0) is 139 Å². The van der Waals surface area contributed by atoms with Crippen molar-refractivity contribution in [2.45, 2.75) is 205 Å². The van der Waals surface area contributed by atoms with Crippen LogP contribution in [0.4, 0.5) is 0 Å². The summed E-state index contributed by atoms with van der Waals surface area (Å²) in [5.41, 5.74) is 0. The Hall–Kier alpha value is -3.16. The van der Waals surface area contributed by atoms with Gasteiger partial charge in [0.1, 0.15) is 146 Å². The summed E-state index contributed by atoms with van der Waals surface area (Å²) in [6, 6.07) is -6.40. The van der Waals surface area contributed by atoms with Gasteiger partial charge < -0.3 is 129 Å². The lowest BCUT2D eigenvalue weighted by molar-refractivity contribution is -0.384. The van der Waals surface area contributed by atoms with Crippen LogP contribution in [-0.4, -0.2) is 368 Å². The van der Waals surface area contributed by atoms with Crippen LogP contribution >= 0.6 is 0 Å². The van der Waals surface area contributed by atoms with E-state index in [0.717, 1.165) is 20.8 Å². The maximum atomic E-state index is 13.0. The van der Waals surface area contributed by atoms with Crippen molar-refractivity contribution in [3.8, 4) is 0 Å². The highest BCUT2D eigenvalue weighted by Crippen LogP contribution is 2.38. The zero-order valence-electron chi connectivity index (χ0n) is 49.0. The van der Waals surface area contributed by atoms with Gasteiger partial charge in [-0.2, -0.15) is 42.1 Å². The Morgan fingerprint density at radius 3 is 0.865 bits per heavy atom. The quantitative estimate of drug-likeness (QED) is 0.0309. The van der Waals surface area contributed by atoms with Gasteiger partial charge in [-0.3, -0.25) is 37.1 Å². The van der Waals surface area contributed by atoms with Crippen LogP contribution in [0.1, 0.15) is 20.8 Å². The molecular formula is C42H71N3O46S5. The van der Waals surface area contributed by atoms with Crippen LogP contribution in [0.25, 0.3) is 0 Å². The lowest BCUT2D eigenvalue weighted by Crippen LogP contribution is -2.71. The van der Waals surface area contributed by atoms with Crippen LogP contribution in [0, 0.1) is 0 Å². The maximum absolute atomic E-state index is 13.0. The van der Waals surface area contributed by atoms with Crippen molar-refractivity contribution in [1.82, 2.24) is 16.0 Å². The van der Waals surface area contributed by atoms with Gasteiger partial charge in [-0.25, -0.2) is 20.9 Å². The summed E-state index contributed by atoms with van der Waals surface area (Å²) in [5.74, 6) is -3.26. The van der Waals surface area contributed by atoms with Gasteiger partial charge in [-0.05, 0) is 0 Å². The first-order valence-electron chi connectivity index (χ1n) is 27.4. The molecule has 20 N–H and O–H groups in total. The molecule has 0 aliphatic carbocycles. The Labute approximate surface area is 541 Å². The number of aliphatic hydroxyl groups is 12. The number of carbonyl (C=O) groups is 3. The molecular weight excluding hydrogens is 1440 g/mol. The molecule has 0 aromatic heterocycles. The Bertz CT molecular complexity index is 3200. The molecule has 0 aromatic rings. The van der Waals surface area contributed by atoms with Crippen molar-refractivity contribution in [2.75, 3.05) is 39.6 Å². The van der Waals surface area contributed by atoms with Gasteiger partial charge in [0.05, 0.1) is 39.6 Å². The number of ether oxygens (including phenoxy) is 11. The first kappa shape index (κ1) is 81.8. The topological polar surface area (TPSA) is 750 Å². The molecule has 3 amide bonds. The van der Waals surface area contributed by atoms with Crippen molar-refractivity contribution in [3.63, 3.8) is 0 Å². The molecule has 54 heteroatoms. The van der Waals surface area contributed by atoms with Gasteiger partial charge >= 0.3 is 52.0 Å². The Morgan fingerprint density at radius 1 is 0.312 bits per heavy atom. The van der Waals surface area contributed by atoms with E-state index >= 15 is 0 Å². The summed E-state index contributed by atoms with van der Waals surface area (Å²) < 4.78 is 249. The van der Waals surface area contributed by atoms with Crippen LogP contribution < -0.4 is 16.0 Å². The highest BCUT2D eigenvalue weighted by Gasteiger charge is 2.59. The van der Waals surface area contributed by atoms with E-state index in [2.05, 4.69) is 36.9 Å². The summed E-state index contributed by atoms with van der Waals surface area (Å²) >= 11 is 0. The number of nitrogens with one attached hydrogen (secondary N) is 3. The zero-order valence-corrected chi connectivity index (χ0v) is 53.1. The Balaban J connectivity index is 1.38. The molecule has 0 radical (unpaired) electrons. The highest BCUT2D eigenvalue weighted by molar-refractivity contribution is 7.81. The second-order valence-corrected chi connectivity index (χ2v) is 27.1. The van der Waals surface area contributed by atoms with Crippen molar-refractivity contribution < 1.29 is 214 Å². The Morgan fingerprint density at radius 2 is 0.562 bits per heavy atom. The fraction of sp³-hybridized carbons (Fsp3) is 0.929. The summed E-state index contributed by atoms with van der Waals surface area (Å²) in [6.07, 6.45) is -64.1. The van der Waals surface area contributed by atoms with Gasteiger partial charge in [0, 0.05) is 20.8 Å². The molecule has 0 aromatic carbocycles. The average molecular weight is 1510 g/mol. The molecule has 6 saturated heterocycles. The van der Waals surface area contributed by atoms with Crippen molar-refractivity contribution in [3.05, 3.63) is 0 Å². The number of amides is 3. The van der Waals surface area contributed by atoms with E-state index < -0.39 is 293 Å². The monoisotopic (exact) mass is 1510 g/mol. The molecule has 6 fully saturated rings. The minimum absolute atomic E-state index is 0.749. The first-order valence-corrected chi connectivity index (χ1v) is 34.2. The van der Waals surface area contributed by atoms with E-state index in [1.54, 1.807) is 0 Å². The largest absolute Gasteiger partial charge is 0.397 e. The normalized spacial score (nSPS) is 41.5. The van der Waals surface area contributed by atoms with E-state index in [9.17, 15) is 136 Å². The number of carbonyl (C=O) groups excluding carboxylic acids is 3. The van der Waals surface area contributed by atoms with Crippen LogP contribution in [0.5, 0.6) is 0 Å². The lowest BCUT2D eigenvalue weighted by Gasteiger charge is -2.51. The molecule has 0 saturated carbocycles. The second-order valence-electron chi connectivity index (χ2n) is 21.6. The van der Waals surface area contributed by atoms with E-state index in [4.69, 9.17) is 56.7 Å². The molecule has 6 aliphatic heterocycles. The molecule has 6 aliphatic rings. The standard InChI is InChI=1S/C42H71N3O46S5/c1-10(47)43-19-26(54)22(50)14(5-76-92(61,62)63)82-38(19)90-35-24(52)15(6-77-93(64,65)66)83-41(30(35)58)88-33-18(9-80-96(73,74)75)86-40(21(28(33)56)45-12(3)49)91-36-25(53)16(7-78-94(67,68)69)84-42(31(36)59)87-32-17(8-79-95(70,71)72)85-39(20(27(32)55)44-11(2)48)89-34-23(51)13(4-46)81-37(60)29(34)57/h13-42,46,50-60H,4-9H2,1-3H3,(H,43,47)(H,44,48)(H,45,49)(H,61,62,63)(H,64,65,66)(H,67,68,69)(H,70,71,72)(H,73,74,75)/t13-,14-,15-,16-,17-,18-,19-,20-,21-,22-,23+,24+,25+,26-,27-,28-,29-,30-,31-,32-,33-,34+,35+,36+,37?,38+,39+,40+,41+,42+/m1/s1. The number of hydrogen-bond acceptors (Lipinski definition) is 41. The summed E-state index contributed by atoms with van der Waals surface area (Å²) in [6.45, 7) is -6.07. The third-order valence-corrected chi connectivity index (χ3v) is 16.8. The van der Waals surface area contributed by atoms with E-state index in [0.29, 0.717) is 0 Å². The third-order valence-electron chi connectivity index (χ3n) is 14.6. The molecule has 0 spiro atoms. The van der Waals surface area contributed by atoms with Gasteiger partial charge in [0.25, 0.3) is 0 Å². The number of aliphatic hydroxyl groups excluding tert-OH is 12. The van der Waals surface area contributed by atoms with Crippen molar-refractivity contribution in [2.24, 2.45) is 0 Å². The summed E-state index contributed by atoms with van der Waals surface area (Å²) in [7, 11) is -27.6. The van der Waals surface area contributed by atoms with Gasteiger partial charge in [-0.1, -0.05) is 0 Å². The molecule has 1 unspecified atom stereocenters. The van der Waals surface area contributed by atoms with E-state index in [1.165, 1.54) is 0 Å². The smallest absolute Gasteiger partial charge is 0.394 e. The fourth-order valence-corrected chi connectivity index (χ4v) is 12.0. The SMILES string of the molecule is CC(=O)N[C@H]1[C@H](O[C@H]2[C@@H](O)[C@@H](COS(=O)(=O)O)O[C@@H](O[C@H]3[C@H](O)[C@@H](NC(C)=O)[C@H](O[C@H]4[C@@H](O)[C@@H](CO)OC(O)[C@@H]4O)O[C@@H]3COS(=O)(=O)O)[C@@H]2O)O[C@H](COS(=O)(=O)O)[C@@H](O[C@@H]2O[C@H](COS(=O)(=O)O)[C@H](O)[C@H](O[C@@H]3O[C@H](COS(=O)(=O)O)[C@@H](O)[C@H](O)[C@H]3NC(C)=O)[C@H]2O)[C@@H]1O. The predicted octanol–water partition coefficient (Wildman–Crippen LogP) is -14.5. The predicted molar refractivity (Wildman–Crippen MR) is 286 cm³/mol. The minimum Gasteiger partial charge on any atom is -0.394 e. The molecule has 30 atom stereocenters. The van der Waals surface area contributed by atoms with Crippen molar-refractivity contribution >= 4 is 69.7 Å². The van der Waals surface area contributed by atoms with E-state index in [-0.39, 0.29) is 0 Å². The molecule has 6 rings (SSSR count). The maximum Gasteiger partial charge on any atom is 0.397 e. The third kappa shape index (κ3) is 22.4. The van der Waals surface area contributed by atoms with Crippen LogP contribution in [0.2, 0.25) is 0 Å². The minimum atomic E-state index is -5.66. The second kappa shape index (κ2) is 33.3. The van der Waals surface area contributed by atoms with Crippen molar-refractivity contribution in [1.29, 1.82) is 0 Å². The number of hydrogen-bond donors (Lipinski definition) is 20. The lowest BCUT2D eigenvalue weighted by atomic mass is 9.93. The van der Waals surface area contributed by atoms with E-state index in [1.807, 2.05) is 0 Å². The van der Waals surface area contributed by atoms with Gasteiger partial charge in [0.15, 0.2) is 37.7 Å². The first-order chi connectivity index (χ1) is 44.2. The molecule has 49 nitrogen and oxygen atoms in total. The molecule has 96 heavy (non-hydrogen) atoms. The van der Waals surface area contributed by atoms with Gasteiger partial charge in [-0.15, -0.1) is 0 Å². The molecule has 0 bridgehead atoms. The molecule has 6 heterocycles. The fourth-order valence-electron chi connectivity index (χ4n) is 10.4. The number of rotatable bonds is 29. The summed E-state index contributed by atoms with van der Waals surface area (Å²) in [5, 5.41) is 141. The highest BCUT2D eigenvalue weighted by atomic mass is 32.3. The van der Waals surface area contributed by atoms with Crippen LogP contribution in [0.3, 0.4) is 0 Å². The Kier molecular flexibility index (Phi) is 28.4. The zero-order chi connectivity index (χ0) is 72.2.